The van der Waals surface area contributed by atoms with Crippen LogP contribution < -0.4 is 0 Å². The Kier molecular flexibility index (Phi) is 4.73. The third-order valence-corrected chi connectivity index (χ3v) is 2.14. The molecule has 0 aliphatic heterocycles. The Morgan fingerprint density at radius 1 is 1.38 bits per heavy atom. The van der Waals surface area contributed by atoms with Crippen LogP contribution in [-0.4, -0.2) is 29.9 Å². The van der Waals surface area contributed by atoms with Crippen molar-refractivity contribution in [3.8, 4) is 0 Å². The largest absolute Gasteiger partial charge is 0.388 e. The Balaban J connectivity index is 2.52. The van der Waals surface area contributed by atoms with E-state index in [1.165, 1.54) is 6.08 Å². The topological polar surface area (TPSA) is 40.5 Å². The number of rotatable bonds is 5. The van der Waals surface area contributed by atoms with Crippen molar-refractivity contribution in [1.82, 2.24) is 4.90 Å². The highest BCUT2D eigenvalue weighted by molar-refractivity contribution is 5.89. The third-order valence-electron chi connectivity index (χ3n) is 2.14. The van der Waals surface area contributed by atoms with E-state index in [-0.39, 0.29) is 12.2 Å². The van der Waals surface area contributed by atoms with Crippen molar-refractivity contribution in [2.75, 3.05) is 14.1 Å². The van der Waals surface area contributed by atoms with Gasteiger partial charge in [-0.1, -0.05) is 30.3 Å². The van der Waals surface area contributed by atoms with Crippen LogP contribution >= 0.6 is 0 Å². The van der Waals surface area contributed by atoms with Gasteiger partial charge in [0, 0.05) is 26.7 Å². The lowest BCUT2D eigenvalue weighted by Gasteiger charge is -2.08. The molecule has 1 aromatic rings. The number of ketones is 1. The fourth-order valence-corrected chi connectivity index (χ4v) is 1.28. The fourth-order valence-electron chi connectivity index (χ4n) is 1.28. The van der Waals surface area contributed by atoms with Gasteiger partial charge in [0.25, 0.3) is 0 Å². The van der Waals surface area contributed by atoms with Gasteiger partial charge < -0.3 is 10.0 Å². The van der Waals surface area contributed by atoms with E-state index in [4.69, 9.17) is 0 Å². The van der Waals surface area contributed by atoms with Crippen molar-refractivity contribution in [1.29, 1.82) is 0 Å². The number of nitrogens with zero attached hydrogens (tertiary/aromatic N) is 1. The van der Waals surface area contributed by atoms with Gasteiger partial charge in [0.15, 0.2) is 5.78 Å². The molecule has 16 heavy (non-hydrogen) atoms. The van der Waals surface area contributed by atoms with Crippen LogP contribution in [0.4, 0.5) is 0 Å². The normalized spacial score (nSPS) is 12.7. The summed E-state index contributed by atoms with van der Waals surface area (Å²) in [5.74, 6) is -0.0787. The van der Waals surface area contributed by atoms with Crippen LogP contribution in [0.3, 0.4) is 0 Å². The molecule has 3 heteroatoms. The summed E-state index contributed by atoms with van der Waals surface area (Å²) in [4.78, 5) is 13.2. The summed E-state index contributed by atoms with van der Waals surface area (Å²) in [7, 11) is 3.69. The summed E-state index contributed by atoms with van der Waals surface area (Å²) in [5, 5.41) is 9.79. The van der Waals surface area contributed by atoms with Gasteiger partial charge in [-0.25, -0.2) is 0 Å². The molecule has 0 heterocycles. The maximum Gasteiger partial charge on any atom is 0.160 e. The molecule has 3 nitrogen and oxygen atoms in total. The molecule has 1 unspecified atom stereocenters. The Hall–Kier alpha value is -1.61. The van der Waals surface area contributed by atoms with Crippen LogP contribution in [0.2, 0.25) is 0 Å². The summed E-state index contributed by atoms with van der Waals surface area (Å²) in [6.45, 7) is 0. The van der Waals surface area contributed by atoms with E-state index >= 15 is 0 Å². The highest BCUT2D eigenvalue weighted by Gasteiger charge is 2.10. The van der Waals surface area contributed by atoms with Gasteiger partial charge in [0.1, 0.15) is 0 Å². The van der Waals surface area contributed by atoms with Gasteiger partial charge in [-0.05, 0) is 11.6 Å². The molecule has 1 atom stereocenters. The lowest BCUT2D eigenvalue weighted by atomic mass is 10.0. The van der Waals surface area contributed by atoms with Gasteiger partial charge in [-0.15, -0.1) is 0 Å². The number of aliphatic hydroxyl groups excluding tert-OH is 1. The Labute approximate surface area is 96.0 Å². The molecule has 0 aromatic heterocycles. The van der Waals surface area contributed by atoms with Gasteiger partial charge in [0.2, 0.25) is 0 Å². The lowest BCUT2D eigenvalue weighted by molar-refractivity contribution is -0.116. The van der Waals surface area contributed by atoms with Crippen molar-refractivity contribution >= 4 is 5.78 Å². The monoisotopic (exact) mass is 219 g/mol. The Morgan fingerprint density at radius 3 is 2.56 bits per heavy atom. The molecule has 1 aromatic carbocycles. The lowest BCUT2D eigenvalue weighted by Crippen LogP contribution is -2.06. The van der Waals surface area contributed by atoms with Crippen LogP contribution in [0.15, 0.2) is 42.6 Å². The van der Waals surface area contributed by atoms with Crippen LogP contribution in [0, 0.1) is 0 Å². The second-order valence-electron chi connectivity index (χ2n) is 3.88. The van der Waals surface area contributed by atoms with E-state index in [1.807, 2.05) is 44.4 Å². The quantitative estimate of drug-likeness (QED) is 0.767. The molecule has 0 radical (unpaired) electrons. The average Bonchev–Trinajstić information content (AvgIpc) is 2.27. The van der Waals surface area contributed by atoms with E-state index < -0.39 is 6.10 Å². The summed E-state index contributed by atoms with van der Waals surface area (Å²) in [5.41, 5.74) is 0.772. The van der Waals surface area contributed by atoms with E-state index in [1.54, 1.807) is 11.1 Å². The van der Waals surface area contributed by atoms with Crippen LogP contribution in [-0.2, 0) is 4.79 Å². The molecule has 0 amide bonds. The summed E-state index contributed by atoms with van der Waals surface area (Å²) in [6, 6.07) is 9.20. The molecule has 0 saturated carbocycles. The second-order valence-corrected chi connectivity index (χ2v) is 3.88. The molecular formula is C13H17NO2. The van der Waals surface area contributed by atoms with Gasteiger partial charge in [-0.2, -0.15) is 0 Å². The minimum Gasteiger partial charge on any atom is -0.388 e. The third kappa shape index (κ3) is 4.28. The van der Waals surface area contributed by atoms with Crippen molar-refractivity contribution < 1.29 is 9.90 Å². The first-order chi connectivity index (χ1) is 7.59. The number of carbonyl (C=O) groups is 1. The number of hydrogen-bond acceptors (Lipinski definition) is 3. The number of benzene rings is 1. The van der Waals surface area contributed by atoms with Crippen molar-refractivity contribution in [3.63, 3.8) is 0 Å². The van der Waals surface area contributed by atoms with E-state index in [0.29, 0.717) is 0 Å². The number of aliphatic hydroxyl groups is 1. The highest BCUT2D eigenvalue weighted by Crippen LogP contribution is 2.16. The van der Waals surface area contributed by atoms with Crippen LogP contribution in [0.1, 0.15) is 18.1 Å². The SMILES string of the molecule is CN(C)/C=C/C(=O)CC(O)c1ccccc1. The van der Waals surface area contributed by atoms with Crippen LogP contribution in [0.5, 0.6) is 0 Å². The predicted octanol–water partition coefficient (Wildman–Crippen LogP) is 1.75. The number of carbonyl (C=O) groups excluding carboxylic acids is 1. The first kappa shape index (κ1) is 12.5. The molecule has 86 valence electrons. The summed E-state index contributed by atoms with van der Waals surface area (Å²) < 4.78 is 0. The molecular weight excluding hydrogens is 202 g/mol. The second kappa shape index (κ2) is 6.08. The molecule has 0 aliphatic rings. The molecule has 0 saturated heterocycles. The van der Waals surface area contributed by atoms with E-state index in [9.17, 15) is 9.90 Å². The van der Waals surface area contributed by atoms with Gasteiger partial charge >= 0.3 is 0 Å². The van der Waals surface area contributed by atoms with Gasteiger partial charge in [0.05, 0.1) is 6.10 Å². The Bertz CT molecular complexity index is 357. The standard InChI is InChI=1S/C13H17NO2/c1-14(2)9-8-12(15)10-13(16)11-6-4-3-5-7-11/h3-9,13,16H,10H2,1-2H3/b9-8+. The number of hydrogen-bond donors (Lipinski definition) is 1. The molecule has 1 N–H and O–H groups in total. The zero-order valence-electron chi connectivity index (χ0n) is 9.63. The number of allylic oxidation sites excluding steroid dienone is 1. The minimum absolute atomic E-state index is 0.0787. The first-order valence-electron chi connectivity index (χ1n) is 5.20. The first-order valence-corrected chi connectivity index (χ1v) is 5.20. The maximum absolute atomic E-state index is 11.5. The molecule has 1 rings (SSSR count). The average molecular weight is 219 g/mol. The van der Waals surface area contributed by atoms with Crippen molar-refractivity contribution in [2.24, 2.45) is 0 Å². The zero-order valence-corrected chi connectivity index (χ0v) is 9.63. The van der Waals surface area contributed by atoms with Crippen LogP contribution in [0.25, 0.3) is 0 Å². The maximum atomic E-state index is 11.5. The predicted molar refractivity (Wildman–Crippen MR) is 63.9 cm³/mol. The fraction of sp³-hybridized carbons (Fsp3) is 0.308. The molecule has 0 aliphatic carbocycles. The zero-order chi connectivity index (χ0) is 12.0. The highest BCUT2D eigenvalue weighted by atomic mass is 16.3. The smallest absolute Gasteiger partial charge is 0.160 e. The van der Waals surface area contributed by atoms with Crippen molar-refractivity contribution in [3.05, 3.63) is 48.2 Å². The van der Waals surface area contributed by atoms with E-state index in [0.717, 1.165) is 5.56 Å². The van der Waals surface area contributed by atoms with Crippen molar-refractivity contribution in [2.45, 2.75) is 12.5 Å². The Morgan fingerprint density at radius 2 is 2.00 bits per heavy atom. The molecule has 0 bridgehead atoms. The van der Waals surface area contributed by atoms with E-state index in [2.05, 4.69) is 0 Å². The molecule has 0 spiro atoms. The minimum atomic E-state index is -0.722. The summed E-state index contributed by atoms with van der Waals surface area (Å²) in [6.07, 6.45) is 2.56. The summed E-state index contributed by atoms with van der Waals surface area (Å²) >= 11 is 0. The van der Waals surface area contributed by atoms with Gasteiger partial charge in [-0.3, -0.25) is 4.79 Å². The molecule has 0 fully saturated rings.